The van der Waals surface area contributed by atoms with Crippen molar-refractivity contribution < 1.29 is 66.4 Å². The molecule has 0 aliphatic carbocycles. The van der Waals surface area contributed by atoms with Gasteiger partial charge in [-0.05, 0) is 19.4 Å². The molecule has 2 rings (SSSR count). The molecule has 27 nitrogen and oxygen atoms in total. The smallest absolute Gasteiger partial charge is 0.394 e. The fourth-order valence-corrected chi connectivity index (χ4v) is 4.41. The average molecular weight is 784 g/mol. The van der Waals surface area contributed by atoms with Crippen LogP contribution >= 0.6 is 0 Å². The lowest BCUT2D eigenvalue weighted by molar-refractivity contribution is -0.135. The number of nitrogens with two attached hydrogens (primary N) is 4. The number of primary amides is 1. The van der Waals surface area contributed by atoms with Crippen LogP contribution in [0.3, 0.4) is 0 Å². The Bertz CT molecular complexity index is 1500. The molecule has 0 aromatic rings. The zero-order chi connectivity index (χ0) is 40.5. The van der Waals surface area contributed by atoms with E-state index in [-0.39, 0.29) is 31.9 Å². The highest BCUT2D eigenvalue weighted by Crippen LogP contribution is 2.07. The van der Waals surface area contributed by atoms with Gasteiger partial charge in [0, 0.05) is 31.8 Å². The molecule has 53 heavy (non-hydrogen) atoms. The maximum Gasteiger partial charge on any atom is 0.394 e. The number of guanidine groups is 1. The van der Waals surface area contributed by atoms with Crippen LogP contribution in [0.5, 0.6) is 0 Å². The number of urea groups is 1. The quantitative estimate of drug-likeness (QED) is 0.0722. The third-order valence-electron chi connectivity index (χ3n) is 7.03. The van der Waals surface area contributed by atoms with Gasteiger partial charge in [-0.3, -0.25) is 42.9 Å². The van der Waals surface area contributed by atoms with Gasteiger partial charge in [0.2, 0.25) is 29.5 Å². The fraction of sp³-hybridized carbons (Fsp3) is 0.600. The highest BCUT2D eigenvalue weighted by Gasteiger charge is 2.36. The molecular weight excluding hydrogens is 738 g/mol. The van der Waals surface area contributed by atoms with E-state index in [9.17, 15) is 48.9 Å². The predicted octanol–water partition coefficient (Wildman–Crippen LogP) is -9.88. The fourth-order valence-electron chi connectivity index (χ4n) is 4.41. The van der Waals surface area contributed by atoms with E-state index in [1.807, 2.05) is 5.32 Å². The number of aliphatic hydroxyl groups excluding tert-OH is 3. The average Bonchev–Trinajstić information content (AvgIpc) is 3.06. The van der Waals surface area contributed by atoms with Gasteiger partial charge in [0.15, 0.2) is 5.96 Å². The van der Waals surface area contributed by atoms with Crippen molar-refractivity contribution in [2.75, 3.05) is 32.8 Å². The maximum absolute atomic E-state index is 13.6. The summed E-state index contributed by atoms with van der Waals surface area (Å²) in [6.07, 6.45) is -0.684. The molecule has 0 saturated carbocycles. The van der Waals surface area contributed by atoms with Crippen molar-refractivity contribution in [3.8, 4) is 0 Å². The van der Waals surface area contributed by atoms with Gasteiger partial charge in [-0.1, -0.05) is 0 Å². The summed E-state index contributed by atoms with van der Waals surface area (Å²) in [7, 11) is -4.67. The highest BCUT2D eigenvalue weighted by molar-refractivity contribution is 7.79. The number of hydrogen-bond acceptors (Lipinski definition) is 17. The van der Waals surface area contributed by atoms with E-state index < -0.39 is 126 Å². The second-order valence-electron chi connectivity index (χ2n) is 11.1. The van der Waals surface area contributed by atoms with Crippen LogP contribution in [0, 0.1) is 0 Å². The molecule has 28 heteroatoms. The van der Waals surface area contributed by atoms with Gasteiger partial charge in [-0.2, -0.15) is 8.42 Å². The molecular formula is C25H45N13O14S. The Balaban J connectivity index is 0.00000262. The van der Waals surface area contributed by atoms with Crippen molar-refractivity contribution in [2.45, 2.75) is 61.6 Å². The molecule has 0 unspecified atom stereocenters. The first-order valence-corrected chi connectivity index (χ1v) is 16.8. The summed E-state index contributed by atoms with van der Waals surface area (Å²) >= 11 is 0. The highest BCUT2D eigenvalue weighted by atomic mass is 32.3. The van der Waals surface area contributed by atoms with Crippen LogP contribution in [-0.4, -0.2) is 155 Å². The number of aliphatic imine (C=N–C) groups is 1. The summed E-state index contributed by atoms with van der Waals surface area (Å²) in [5.41, 5.74) is 21.4. The van der Waals surface area contributed by atoms with Crippen LogP contribution < -0.4 is 65.5 Å². The molecule has 21 N–H and O–H groups in total. The monoisotopic (exact) mass is 783 g/mol. The second-order valence-corrected chi connectivity index (χ2v) is 12.0. The molecule has 0 spiro atoms. The zero-order valence-electron chi connectivity index (χ0n) is 27.9. The van der Waals surface area contributed by atoms with Crippen molar-refractivity contribution in [1.82, 2.24) is 42.5 Å². The van der Waals surface area contributed by atoms with Crippen molar-refractivity contribution in [2.24, 2.45) is 27.9 Å². The molecule has 2 heterocycles. The molecule has 2 aliphatic heterocycles. The number of nitrogens with zero attached hydrogens (tertiary/aromatic N) is 1. The Morgan fingerprint density at radius 1 is 0.962 bits per heavy atom. The van der Waals surface area contributed by atoms with Gasteiger partial charge < -0.3 is 80.8 Å². The Morgan fingerprint density at radius 3 is 2.09 bits per heavy atom. The minimum absolute atomic E-state index is 0.0610. The normalized spacial score (nSPS) is 25.3. The Morgan fingerprint density at radius 2 is 1.55 bits per heavy atom. The SMILES string of the molecule is NCC[C@@H](O)[C@H](N)CC(=O)N[C@H]1CNC(=O)[C@H]([C@H]2CCN=C(N)N2)NC(=O)/C(=C/NC(N)=O)NC(=O)[C@H](CO)NC(=O)[C@H](CO)NC1=O.O=S(=O)(O)O. The van der Waals surface area contributed by atoms with Gasteiger partial charge in [0.1, 0.15) is 29.9 Å². The maximum atomic E-state index is 13.6. The van der Waals surface area contributed by atoms with E-state index in [0.29, 0.717) is 6.20 Å². The van der Waals surface area contributed by atoms with Crippen molar-refractivity contribution in [1.29, 1.82) is 0 Å². The van der Waals surface area contributed by atoms with Gasteiger partial charge in [0.05, 0.1) is 25.4 Å². The van der Waals surface area contributed by atoms with Gasteiger partial charge in [0.25, 0.3) is 5.91 Å². The van der Waals surface area contributed by atoms with Crippen LogP contribution in [0.25, 0.3) is 0 Å². The van der Waals surface area contributed by atoms with Crippen LogP contribution in [0.15, 0.2) is 16.9 Å². The Hall–Kier alpha value is -5.23. The van der Waals surface area contributed by atoms with Gasteiger partial charge >= 0.3 is 16.4 Å². The first kappa shape index (κ1) is 45.8. The molecule has 2 aliphatic rings. The number of carbonyl (C=O) groups is 7. The molecule has 0 aromatic heterocycles. The lowest BCUT2D eigenvalue weighted by atomic mass is 10.0. The molecule has 1 fully saturated rings. The minimum atomic E-state index is -4.67. The largest absolute Gasteiger partial charge is 0.394 e. The molecule has 1 saturated heterocycles. The van der Waals surface area contributed by atoms with E-state index >= 15 is 0 Å². The van der Waals surface area contributed by atoms with E-state index in [1.165, 1.54) is 0 Å². The first-order chi connectivity index (χ1) is 24.7. The number of hydrogen-bond donors (Lipinski definition) is 17. The van der Waals surface area contributed by atoms with Crippen LogP contribution in [-0.2, 0) is 39.2 Å². The zero-order valence-corrected chi connectivity index (χ0v) is 28.7. The Labute approximate surface area is 301 Å². The third-order valence-corrected chi connectivity index (χ3v) is 7.03. The van der Waals surface area contributed by atoms with E-state index in [0.717, 1.165) is 0 Å². The molecule has 300 valence electrons. The van der Waals surface area contributed by atoms with Gasteiger partial charge in [-0.15, -0.1) is 0 Å². The summed E-state index contributed by atoms with van der Waals surface area (Å²) in [5.74, 6) is -6.43. The summed E-state index contributed by atoms with van der Waals surface area (Å²) in [4.78, 5) is 94.2. The summed E-state index contributed by atoms with van der Waals surface area (Å²) in [6.45, 7) is -2.46. The number of nitrogens with one attached hydrogen (secondary N) is 8. The second kappa shape index (κ2) is 22.0. The van der Waals surface area contributed by atoms with Crippen molar-refractivity contribution >= 4 is 57.8 Å². The molecule has 0 radical (unpaired) electrons. The van der Waals surface area contributed by atoms with Crippen molar-refractivity contribution in [3.63, 3.8) is 0 Å². The van der Waals surface area contributed by atoms with E-state index in [2.05, 4.69) is 42.2 Å². The molecule has 8 amide bonds. The topological polar surface area (TPSA) is 467 Å². The van der Waals surface area contributed by atoms with E-state index in [1.54, 1.807) is 0 Å². The number of aliphatic hydroxyl groups is 3. The van der Waals surface area contributed by atoms with Crippen LogP contribution in [0.1, 0.15) is 19.3 Å². The molecule has 0 bridgehead atoms. The summed E-state index contributed by atoms with van der Waals surface area (Å²) < 4.78 is 31.6. The van der Waals surface area contributed by atoms with Crippen LogP contribution in [0.2, 0.25) is 0 Å². The van der Waals surface area contributed by atoms with Crippen molar-refractivity contribution in [3.05, 3.63) is 11.9 Å². The third kappa shape index (κ3) is 17.2. The summed E-state index contributed by atoms with van der Waals surface area (Å²) in [5, 5.41) is 48.0. The van der Waals surface area contributed by atoms with Gasteiger partial charge in [-0.25, -0.2) is 4.79 Å². The van der Waals surface area contributed by atoms with Crippen LogP contribution in [0.4, 0.5) is 4.79 Å². The molecule has 7 atom stereocenters. The lowest BCUT2D eigenvalue weighted by Gasteiger charge is -2.31. The van der Waals surface area contributed by atoms with E-state index in [4.69, 9.17) is 40.5 Å². The predicted molar refractivity (Wildman–Crippen MR) is 178 cm³/mol. The minimum Gasteiger partial charge on any atom is -0.394 e. The molecule has 0 aromatic carbocycles. The number of rotatable bonds is 10. The standard InChI is InChI=1S/C25H43N13O10.H2O4S/c26-3-1-16(41)10(27)5-17(42)33-12-6-31-23(47)18(11-2-4-30-24(28)37-11)38-20(44)13(7-32-25(29)48)34-21(45)14(8-39)36-22(46)15(9-40)35-19(12)43;1-5(2,3)4/h7,10-12,14-16,18,39-41H,1-6,8-9,26-27H2,(H,31,47)(H,33,42)(H,34,45)(H,35,43)(H,36,46)(H,38,44)(H3,28,30,37)(H3,29,32,48);(H2,1,2,3,4)/b13-7-;/t10-,11-,12+,14+,15+,16-,18+;/m1./s1. The first-order valence-electron chi connectivity index (χ1n) is 15.4. The number of carbonyl (C=O) groups excluding carboxylic acids is 7. The summed E-state index contributed by atoms with van der Waals surface area (Å²) in [6, 6.07) is -9.75. The Kier molecular flexibility index (Phi) is 19.0. The number of amides is 8. The lowest BCUT2D eigenvalue weighted by Crippen LogP contribution is -2.64.